The molecule has 10 heteroatoms. The molecule has 1 atom stereocenters. The van der Waals surface area contributed by atoms with Gasteiger partial charge in [-0.1, -0.05) is 12.1 Å². The average molecular weight is 400 g/mol. The number of benzene rings is 1. The minimum Gasteiger partial charge on any atom is -0.463 e. The Hall–Kier alpha value is -3.32. The van der Waals surface area contributed by atoms with Crippen molar-refractivity contribution in [3.8, 4) is 6.07 Å². The van der Waals surface area contributed by atoms with Crippen LogP contribution in [0.1, 0.15) is 24.8 Å². The average Bonchev–Trinajstić information content (AvgIpc) is 2.67. The molecular formula is C18H16N4O5S. The Kier molecular flexibility index (Phi) is 5.37. The number of nitro benzene ring substituents is 1. The fourth-order valence-corrected chi connectivity index (χ4v) is 4.32. The standard InChI is InChI=1S/C18H16N4O5S/c1-2-27-18(24)15-14(10-4-3-5-11(8-10)22(25)26)12(9-19)17-21(16(15)20)13(23)6-7-28-17/h3-5,8,14H,2,6-7,20H2,1H3. The second-order valence-corrected chi connectivity index (χ2v) is 7.05. The molecule has 0 aromatic heterocycles. The molecule has 1 aromatic carbocycles. The van der Waals surface area contributed by atoms with Crippen LogP contribution in [0.15, 0.2) is 46.3 Å². The number of esters is 1. The number of fused-ring (bicyclic) bond motifs is 1. The summed E-state index contributed by atoms with van der Waals surface area (Å²) in [5.74, 6) is -1.70. The van der Waals surface area contributed by atoms with Gasteiger partial charge in [0.25, 0.3) is 5.69 Å². The minimum atomic E-state index is -0.964. The molecule has 0 saturated carbocycles. The van der Waals surface area contributed by atoms with E-state index in [1.54, 1.807) is 13.0 Å². The van der Waals surface area contributed by atoms with Gasteiger partial charge in [-0.2, -0.15) is 5.26 Å². The predicted molar refractivity (Wildman–Crippen MR) is 100 cm³/mol. The lowest BCUT2D eigenvalue weighted by atomic mass is 9.82. The number of nitro groups is 1. The van der Waals surface area contributed by atoms with E-state index in [0.717, 1.165) is 0 Å². The van der Waals surface area contributed by atoms with Crippen molar-refractivity contribution in [1.29, 1.82) is 5.26 Å². The second kappa shape index (κ2) is 7.74. The van der Waals surface area contributed by atoms with Crippen molar-refractivity contribution >= 4 is 29.3 Å². The summed E-state index contributed by atoms with van der Waals surface area (Å²) in [7, 11) is 0. The summed E-state index contributed by atoms with van der Waals surface area (Å²) in [6, 6.07) is 7.72. The van der Waals surface area contributed by atoms with Crippen molar-refractivity contribution in [2.45, 2.75) is 19.3 Å². The van der Waals surface area contributed by atoms with E-state index in [1.807, 2.05) is 0 Å². The Morgan fingerprint density at radius 2 is 2.29 bits per heavy atom. The molecule has 0 aliphatic carbocycles. The van der Waals surface area contributed by atoms with Crippen molar-refractivity contribution in [2.24, 2.45) is 5.73 Å². The van der Waals surface area contributed by atoms with Crippen LogP contribution >= 0.6 is 11.8 Å². The number of rotatable bonds is 4. The number of non-ortho nitro benzene ring substituents is 1. The first-order valence-electron chi connectivity index (χ1n) is 8.41. The smallest absolute Gasteiger partial charge is 0.338 e. The lowest BCUT2D eigenvalue weighted by molar-refractivity contribution is -0.384. The maximum atomic E-state index is 12.7. The van der Waals surface area contributed by atoms with Gasteiger partial charge in [0.2, 0.25) is 5.91 Å². The number of nitrogens with two attached hydrogens (primary N) is 1. The minimum absolute atomic E-state index is 0.0679. The number of nitriles is 1. The van der Waals surface area contributed by atoms with Crippen LogP contribution in [0, 0.1) is 21.4 Å². The summed E-state index contributed by atoms with van der Waals surface area (Å²) in [5, 5.41) is 21.4. The molecule has 0 spiro atoms. The fourth-order valence-electron chi connectivity index (χ4n) is 3.20. The molecule has 2 heterocycles. The zero-order valence-electron chi connectivity index (χ0n) is 14.9. The number of ether oxygens (including phenoxy) is 1. The molecule has 2 N–H and O–H groups in total. The molecule has 144 valence electrons. The van der Waals surface area contributed by atoms with Crippen LogP contribution in [-0.2, 0) is 14.3 Å². The number of amides is 1. The van der Waals surface area contributed by atoms with Gasteiger partial charge < -0.3 is 10.5 Å². The third kappa shape index (κ3) is 3.20. The summed E-state index contributed by atoms with van der Waals surface area (Å²) in [5.41, 5.74) is 6.42. The van der Waals surface area contributed by atoms with E-state index in [-0.39, 0.29) is 41.6 Å². The molecule has 0 bridgehead atoms. The van der Waals surface area contributed by atoms with E-state index in [2.05, 4.69) is 6.07 Å². The van der Waals surface area contributed by atoms with Crippen molar-refractivity contribution < 1.29 is 19.2 Å². The van der Waals surface area contributed by atoms with Gasteiger partial charge in [-0.25, -0.2) is 4.79 Å². The predicted octanol–water partition coefficient (Wildman–Crippen LogP) is 2.13. The van der Waals surface area contributed by atoms with Crippen molar-refractivity contribution in [3.05, 3.63) is 61.9 Å². The first-order valence-corrected chi connectivity index (χ1v) is 9.40. The summed E-state index contributed by atoms with van der Waals surface area (Å²) >= 11 is 1.29. The molecule has 1 unspecified atom stereocenters. The molecule has 2 aliphatic heterocycles. The Bertz CT molecular complexity index is 978. The van der Waals surface area contributed by atoms with Crippen LogP contribution in [0.5, 0.6) is 0 Å². The molecule has 1 aromatic rings. The maximum absolute atomic E-state index is 12.7. The van der Waals surface area contributed by atoms with Gasteiger partial charge in [-0.15, -0.1) is 11.8 Å². The van der Waals surface area contributed by atoms with Crippen molar-refractivity contribution in [3.63, 3.8) is 0 Å². The van der Waals surface area contributed by atoms with E-state index in [4.69, 9.17) is 10.5 Å². The first-order chi connectivity index (χ1) is 13.4. The zero-order valence-corrected chi connectivity index (χ0v) is 15.7. The number of hydrogen-bond acceptors (Lipinski definition) is 8. The second-order valence-electron chi connectivity index (χ2n) is 5.96. The van der Waals surface area contributed by atoms with Crippen molar-refractivity contribution in [2.75, 3.05) is 12.4 Å². The lowest BCUT2D eigenvalue weighted by Crippen LogP contribution is -2.42. The van der Waals surface area contributed by atoms with Crippen LogP contribution < -0.4 is 5.73 Å². The van der Waals surface area contributed by atoms with Gasteiger partial charge in [-0.05, 0) is 12.5 Å². The number of nitrogens with zero attached hydrogens (tertiary/aromatic N) is 3. The van der Waals surface area contributed by atoms with E-state index >= 15 is 0 Å². The highest BCUT2D eigenvalue weighted by atomic mass is 32.2. The Balaban J connectivity index is 2.26. The number of carbonyl (C=O) groups is 2. The van der Waals surface area contributed by atoms with E-state index in [9.17, 15) is 25.0 Å². The Morgan fingerprint density at radius 1 is 1.54 bits per heavy atom. The summed E-state index contributed by atoms with van der Waals surface area (Å²) < 4.78 is 5.10. The Morgan fingerprint density at radius 3 is 2.93 bits per heavy atom. The molecule has 1 saturated heterocycles. The van der Waals surface area contributed by atoms with Gasteiger partial charge in [0.15, 0.2) is 0 Å². The highest BCUT2D eigenvalue weighted by Gasteiger charge is 2.43. The van der Waals surface area contributed by atoms with E-state index < -0.39 is 16.8 Å². The van der Waals surface area contributed by atoms with Crippen LogP contribution in [0.4, 0.5) is 5.69 Å². The largest absolute Gasteiger partial charge is 0.463 e. The number of thioether (sulfide) groups is 1. The van der Waals surface area contributed by atoms with Gasteiger partial charge in [0.1, 0.15) is 5.82 Å². The normalized spacial score (nSPS) is 19.2. The van der Waals surface area contributed by atoms with Crippen LogP contribution in [-0.4, -0.2) is 34.1 Å². The van der Waals surface area contributed by atoms with E-state index in [1.165, 1.54) is 34.9 Å². The topological polar surface area (TPSA) is 140 Å². The molecule has 1 amide bonds. The molecule has 0 radical (unpaired) electrons. The van der Waals surface area contributed by atoms with Crippen LogP contribution in [0.2, 0.25) is 0 Å². The molecule has 28 heavy (non-hydrogen) atoms. The van der Waals surface area contributed by atoms with Gasteiger partial charge in [-0.3, -0.25) is 19.8 Å². The van der Waals surface area contributed by atoms with Crippen LogP contribution in [0.25, 0.3) is 0 Å². The number of allylic oxidation sites excluding steroid dienone is 1. The van der Waals surface area contributed by atoms with Gasteiger partial charge >= 0.3 is 5.97 Å². The number of carbonyl (C=O) groups excluding carboxylic acids is 2. The summed E-state index contributed by atoms with van der Waals surface area (Å²) in [6.07, 6.45) is 0.213. The number of hydrogen-bond donors (Lipinski definition) is 1. The zero-order chi connectivity index (χ0) is 20.4. The lowest BCUT2D eigenvalue weighted by Gasteiger charge is -2.37. The van der Waals surface area contributed by atoms with Crippen LogP contribution in [0.3, 0.4) is 0 Å². The van der Waals surface area contributed by atoms with Crippen molar-refractivity contribution in [1.82, 2.24) is 4.90 Å². The first kappa shape index (κ1) is 19.4. The molecule has 1 fully saturated rings. The van der Waals surface area contributed by atoms with Gasteiger partial charge in [0, 0.05) is 24.3 Å². The van der Waals surface area contributed by atoms with E-state index in [0.29, 0.717) is 16.3 Å². The summed E-state index contributed by atoms with van der Waals surface area (Å²) in [4.78, 5) is 36.9. The highest BCUT2D eigenvalue weighted by molar-refractivity contribution is 8.03. The summed E-state index contributed by atoms with van der Waals surface area (Å²) in [6.45, 7) is 1.69. The molecule has 3 rings (SSSR count). The highest BCUT2D eigenvalue weighted by Crippen LogP contribution is 2.46. The monoisotopic (exact) mass is 400 g/mol. The third-order valence-electron chi connectivity index (χ3n) is 4.36. The third-order valence-corrected chi connectivity index (χ3v) is 5.45. The quantitative estimate of drug-likeness (QED) is 0.460. The Labute approximate surface area is 164 Å². The molecular weight excluding hydrogens is 384 g/mol. The fraction of sp³-hybridized carbons (Fsp3) is 0.278. The van der Waals surface area contributed by atoms with Gasteiger partial charge in [0.05, 0.1) is 39.7 Å². The molecule has 2 aliphatic rings. The SMILES string of the molecule is CCOC(=O)C1=C(N)N2C(=O)CCSC2=C(C#N)C1c1cccc([N+](=O)[O-])c1. The maximum Gasteiger partial charge on any atom is 0.338 e. The molecule has 9 nitrogen and oxygen atoms in total.